The van der Waals surface area contributed by atoms with Gasteiger partial charge in [-0.3, -0.25) is 4.90 Å². The largest absolute Gasteiger partial charge is 0.396 e. The summed E-state index contributed by atoms with van der Waals surface area (Å²) in [6.07, 6.45) is 3.53. The molecule has 3 heteroatoms. The van der Waals surface area contributed by atoms with Crippen molar-refractivity contribution in [1.29, 1.82) is 0 Å². The second-order valence-corrected chi connectivity index (χ2v) is 2.95. The molecule has 1 saturated heterocycles. The van der Waals surface area contributed by atoms with E-state index in [4.69, 9.17) is 9.84 Å². The van der Waals surface area contributed by atoms with E-state index >= 15 is 0 Å². The van der Waals surface area contributed by atoms with Crippen molar-refractivity contribution in [3.8, 4) is 0 Å². The summed E-state index contributed by atoms with van der Waals surface area (Å²) in [6.45, 7) is 2.38. The predicted molar refractivity (Wildman–Crippen MR) is 43.3 cm³/mol. The molecule has 11 heavy (non-hydrogen) atoms. The van der Waals surface area contributed by atoms with Crippen LogP contribution in [-0.4, -0.2) is 43.0 Å². The molecule has 66 valence electrons. The number of hydrogen-bond acceptors (Lipinski definition) is 3. The molecule has 1 fully saturated rings. The molecule has 0 radical (unpaired) electrons. The Balaban J connectivity index is 2.20. The molecule has 1 aliphatic heterocycles. The van der Waals surface area contributed by atoms with Crippen LogP contribution >= 0.6 is 0 Å². The molecule has 1 N–H and O–H groups in total. The maximum absolute atomic E-state index is 8.62. The summed E-state index contributed by atoms with van der Waals surface area (Å²) in [5.41, 5.74) is 0. The van der Waals surface area contributed by atoms with Gasteiger partial charge in [-0.2, -0.15) is 0 Å². The van der Waals surface area contributed by atoms with E-state index in [9.17, 15) is 0 Å². The lowest BCUT2D eigenvalue weighted by Gasteiger charge is -2.22. The molecule has 1 unspecified atom stereocenters. The molecule has 0 saturated carbocycles. The number of ether oxygens (including phenoxy) is 1. The highest BCUT2D eigenvalue weighted by atomic mass is 16.5. The number of hydrogen-bond donors (Lipinski definition) is 1. The minimum atomic E-state index is 0.285. The van der Waals surface area contributed by atoms with Crippen molar-refractivity contribution >= 4 is 0 Å². The van der Waals surface area contributed by atoms with Crippen molar-refractivity contribution in [2.45, 2.75) is 25.5 Å². The topological polar surface area (TPSA) is 32.7 Å². The summed E-state index contributed by atoms with van der Waals surface area (Å²) in [5, 5.41) is 8.62. The van der Waals surface area contributed by atoms with Gasteiger partial charge >= 0.3 is 0 Å². The normalized spacial score (nSPS) is 26.2. The summed E-state index contributed by atoms with van der Waals surface area (Å²) < 4.78 is 5.27. The van der Waals surface area contributed by atoms with E-state index in [1.54, 1.807) is 7.11 Å². The zero-order valence-electron chi connectivity index (χ0n) is 7.12. The molecule has 0 bridgehead atoms. The van der Waals surface area contributed by atoms with Crippen LogP contribution in [0.2, 0.25) is 0 Å². The highest BCUT2D eigenvalue weighted by molar-refractivity contribution is 4.71. The van der Waals surface area contributed by atoms with Gasteiger partial charge in [-0.05, 0) is 19.3 Å². The molecule has 0 aliphatic carbocycles. The minimum absolute atomic E-state index is 0.285. The van der Waals surface area contributed by atoms with Crippen molar-refractivity contribution in [1.82, 2.24) is 4.90 Å². The summed E-state index contributed by atoms with van der Waals surface area (Å²) in [6, 6.07) is 0. The van der Waals surface area contributed by atoms with Crippen LogP contribution in [0, 0.1) is 0 Å². The van der Waals surface area contributed by atoms with Crippen LogP contribution in [0.4, 0.5) is 0 Å². The maximum atomic E-state index is 8.62. The molecular weight excluding hydrogens is 142 g/mol. The van der Waals surface area contributed by atoms with Crippen LogP contribution in [0.5, 0.6) is 0 Å². The van der Waals surface area contributed by atoms with Gasteiger partial charge in [0.1, 0.15) is 6.23 Å². The number of rotatable bonds is 4. The monoisotopic (exact) mass is 159 g/mol. The van der Waals surface area contributed by atoms with Gasteiger partial charge in [-0.25, -0.2) is 0 Å². The van der Waals surface area contributed by atoms with E-state index in [0.717, 1.165) is 25.9 Å². The molecule has 1 aliphatic rings. The van der Waals surface area contributed by atoms with Gasteiger partial charge in [0, 0.05) is 26.8 Å². The molecule has 0 aromatic rings. The number of methoxy groups -OCH3 is 1. The van der Waals surface area contributed by atoms with Crippen LogP contribution in [-0.2, 0) is 4.74 Å². The smallest absolute Gasteiger partial charge is 0.110 e. The van der Waals surface area contributed by atoms with Crippen LogP contribution in [0.15, 0.2) is 0 Å². The molecule has 0 aromatic heterocycles. The summed E-state index contributed by atoms with van der Waals surface area (Å²) in [7, 11) is 1.75. The number of likely N-dealkylation sites (tertiary alicyclic amines) is 1. The van der Waals surface area contributed by atoms with E-state index in [2.05, 4.69) is 4.90 Å². The Morgan fingerprint density at radius 3 is 3.09 bits per heavy atom. The van der Waals surface area contributed by atoms with E-state index in [0.29, 0.717) is 6.23 Å². The van der Waals surface area contributed by atoms with Gasteiger partial charge in [0.25, 0.3) is 0 Å². The first-order valence-electron chi connectivity index (χ1n) is 4.26. The van der Waals surface area contributed by atoms with Crippen LogP contribution in [0.3, 0.4) is 0 Å². The summed E-state index contributed by atoms with van der Waals surface area (Å²) in [4.78, 5) is 2.29. The Morgan fingerprint density at radius 1 is 1.64 bits per heavy atom. The fourth-order valence-electron chi connectivity index (χ4n) is 1.59. The van der Waals surface area contributed by atoms with Crippen LogP contribution in [0.1, 0.15) is 19.3 Å². The average molecular weight is 159 g/mol. The van der Waals surface area contributed by atoms with Gasteiger partial charge < -0.3 is 9.84 Å². The highest BCUT2D eigenvalue weighted by Crippen LogP contribution is 2.16. The SMILES string of the molecule is COC1CCCN1CCCO. The van der Waals surface area contributed by atoms with Gasteiger partial charge in [0.15, 0.2) is 0 Å². The fourth-order valence-corrected chi connectivity index (χ4v) is 1.59. The lowest BCUT2D eigenvalue weighted by atomic mass is 10.4. The Labute approximate surface area is 68.0 Å². The van der Waals surface area contributed by atoms with E-state index in [1.807, 2.05) is 0 Å². The molecule has 1 atom stereocenters. The van der Waals surface area contributed by atoms with Gasteiger partial charge in [0.2, 0.25) is 0 Å². The first-order chi connectivity index (χ1) is 5.38. The van der Waals surface area contributed by atoms with E-state index < -0.39 is 0 Å². The summed E-state index contributed by atoms with van der Waals surface area (Å²) >= 11 is 0. The standard InChI is InChI=1S/C8H17NO2/c1-11-8-4-2-5-9(8)6-3-7-10/h8,10H,2-7H2,1H3. The second kappa shape index (κ2) is 4.70. The van der Waals surface area contributed by atoms with E-state index in [1.165, 1.54) is 6.42 Å². The molecule has 3 nitrogen and oxygen atoms in total. The molecule has 0 spiro atoms. The lowest BCUT2D eigenvalue weighted by molar-refractivity contribution is -0.00587. The Morgan fingerprint density at radius 2 is 2.45 bits per heavy atom. The first kappa shape index (κ1) is 8.97. The summed E-state index contributed by atoms with van der Waals surface area (Å²) in [5.74, 6) is 0. The molecule has 1 rings (SSSR count). The van der Waals surface area contributed by atoms with Crippen molar-refractivity contribution in [2.75, 3.05) is 26.8 Å². The second-order valence-electron chi connectivity index (χ2n) is 2.95. The first-order valence-corrected chi connectivity index (χ1v) is 4.26. The fraction of sp³-hybridized carbons (Fsp3) is 1.00. The van der Waals surface area contributed by atoms with Crippen molar-refractivity contribution in [3.63, 3.8) is 0 Å². The molecule has 1 heterocycles. The third kappa shape index (κ3) is 2.43. The minimum Gasteiger partial charge on any atom is -0.396 e. The van der Waals surface area contributed by atoms with Gasteiger partial charge in [0.05, 0.1) is 0 Å². The number of aliphatic hydroxyl groups excluding tert-OH is 1. The quantitative estimate of drug-likeness (QED) is 0.646. The molecule has 0 amide bonds. The zero-order chi connectivity index (χ0) is 8.10. The molecular formula is C8H17NO2. The van der Waals surface area contributed by atoms with Gasteiger partial charge in [-0.1, -0.05) is 0 Å². The number of nitrogens with zero attached hydrogens (tertiary/aromatic N) is 1. The Kier molecular flexibility index (Phi) is 3.83. The third-order valence-corrected chi connectivity index (χ3v) is 2.18. The van der Waals surface area contributed by atoms with Crippen molar-refractivity contribution in [2.24, 2.45) is 0 Å². The van der Waals surface area contributed by atoms with Crippen LogP contribution in [0.25, 0.3) is 0 Å². The zero-order valence-corrected chi connectivity index (χ0v) is 7.12. The van der Waals surface area contributed by atoms with Crippen LogP contribution < -0.4 is 0 Å². The van der Waals surface area contributed by atoms with Crippen molar-refractivity contribution < 1.29 is 9.84 Å². The molecule has 0 aromatic carbocycles. The van der Waals surface area contributed by atoms with E-state index in [-0.39, 0.29) is 6.61 Å². The highest BCUT2D eigenvalue weighted by Gasteiger charge is 2.22. The Bertz CT molecular complexity index is 108. The average Bonchev–Trinajstić information content (AvgIpc) is 2.47. The number of aliphatic hydroxyl groups is 1. The third-order valence-electron chi connectivity index (χ3n) is 2.18. The van der Waals surface area contributed by atoms with Gasteiger partial charge in [-0.15, -0.1) is 0 Å². The lowest BCUT2D eigenvalue weighted by Crippen LogP contribution is -2.31. The van der Waals surface area contributed by atoms with Crippen molar-refractivity contribution in [3.05, 3.63) is 0 Å². The maximum Gasteiger partial charge on any atom is 0.110 e. The Hall–Kier alpha value is -0.120. The predicted octanol–water partition coefficient (Wildman–Crippen LogP) is 0.437.